The highest BCUT2D eigenvalue weighted by Gasteiger charge is 2.23. The van der Waals surface area contributed by atoms with Crippen LogP contribution in [0.25, 0.3) is 0 Å². The quantitative estimate of drug-likeness (QED) is 0.601. The van der Waals surface area contributed by atoms with Gasteiger partial charge in [-0.1, -0.05) is 40.2 Å². The Kier molecular flexibility index (Phi) is 7.78. The Morgan fingerprint density at radius 1 is 1.29 bits per heavy atom. The minimum absolute atomic E-state index is 0.412. The van der Waals surface area contributed by atoms with Crippen molar-refractivity contribution in [1.29, 1.82) is 0 Å². The fraction of sp³-hybridized carbons (Fsp3) is 0.875. The molecule has 0 aromatic rings. The minimum Gasteiger partial charge on any atom is -0.314 e. The first-order valence-electron chi connectivity index (χ1n) is 7.15. The van der Waals surface area contributed by atoms with E-state index in [0.29, 0.717) is 11.5 Å². The molecule has 0 saturated heterocycles. The fourth-order valence-electron chi connectivity index (χ4n) is 1.85. The second-order valence-corrected chi connectivity index (χ2v) is 6.65. The largest absolute Gasteiger partial charge is 0.314 e. The Balaban J connectivity index is 4.21. The summed E-state index contributed by atoms with van der Waals surface area (Å²) in [5, 5.41) is 3.69. The normalized spacial score (nSPS) is 15.6. The molecule has 0 bridgehead atoms. The lowest BCUT2D eigenvalue weighted by Gasteiger charge is -2.31. The molecule has 0 aromatic carbocycles. The molecule has 0 aliphatic heterocycles. The van der Waals surface area contributed by atoms with Crippen molar-refractivity contribution in [2.75, 3.05) is 6.54 Å². The highest BCUT2D eigenvalue weighted by Crippen LogP contribution is 2.30. The predicted molar refractivity (Wildman–Crippen MR) is 79.4 cm³/mol. The van der Waals surface area contributed by atoms with Crippen LogP contribution in [0.5, 0.6) is 0 Å². The molecule has 0 fully saturated rings. The Morgan fingerprint density at radius 2 is 1.88 bits per heavy atom. The van der Waals surface area contributed by atoms with E-state index in [9.17, 15) is 0 Å². The zero-order chi connectivity index (χ0) is 13.5. The van der Waals surface area contributed by atoms with E-state index >= 15 is 0 Å². The molecule has 102 valence electrons. The second kappa shape index (κ2) is 7.92. The van der Waals surface area contributed by atoms with Crippen molar-refractivity contribution in [1.82, 2.24) is 5.32 Å². The van der Waals surface area contributed by atoms with Crippen molar-refractivity contribution >= 4 is 0 Å². The molecule has 0 rings (SSSR count). The zero-order valence-electron chi connectivity index (χ0n) is 12.9. The van der Waals surface area contributed by atoms with Gasteiger partial charge in [0, 0.05) is 6.04 Å². The van der Waals surface area contributed by atoms with Crippen molar-refractivity contribution in [3.8, 4) is 0 Å². The van der Waals surface area contributed by atoms with Crippen molar-refractivity contribution in [3.63, 3.8) is 0 Å². The summed E-state index contributed by atoms with van der Waals surface area (Å²) >= 11 is 0. The highest BCUT2D eigenvalue weighted by atomic mass is 14.9. The van der Waals surface area contributed by atoms with E-state index < -0.39 is 0 Å². The first kappa shape index (κ1) is 16.7. The lowest BCUT2D eigenvalue weighted by atomic mass is 9.78. The predicted octanol–water partition coefficient (Wildman–Crippen LogP) is 4.78. The Bertz CT molecular complexity index is 212. The molecular weight excluding hydrogens is 206 g/mol. The van der Waals surface area contributed by atoms with Crippen LogP contribution in [0.3, 0.4) is 0 Å². The second-order valence-electron chi connectivity index (χ2n) is 6.65. The first-order chi connectivity index (χ1) is 7.77. The molecule has 0 radical (unpaired) electrons. The molecule has 0 aliphatic rings. The van der Waals surface area contributed by atoms with Crippen molar-refractivity contribution in [3.05, 3.63) is 12.2 Å². The van der Waals surface area contributed by atoms with Gasteiger partial charge in [-0.05, 0) is 50.5 Å². The van der Waals surface area contributed by atoms with Crippen LogP contribution in [0.1, 0.15) is 67.2 Å². The number of hydrogen-bond acceptors (Lipinski definition) is 1. The molecule has 17 heavy (non-hydrogen) atoms. The fourth-order valence-corrected chi connectivity index (χ4v) is 1.85. The number of hydrogen-bond donors (Lipinski definition) is 1. The average molecular weight is 239 g/mol. The summed E-state index contributed by atoms with van der Waals surface area (Å²) in [6.07, 6.45) is 4.87. The minimum atomic E-state index is 0.412. The summed E-state index contributed by atoms with van der Waals surface area (Å²) in [6, 6.07) is 0.654. The van der Waals surface area contributed by atoms with Crippen LogP contribution in [0.2, 0.25) is 0 Å². The topological polar surface area (TPSA) is 12.0 Å². The molecule has 2 atom stereocenters. The third-order valence-corrected chi connectivity index (χ3v) is 3.72. The summed E-state index contributed by atoms with van der Waals surface area (Å²) in [4.78, 5) is 0. The number of allylic oxidation sites excluding steroid dienone is 1. The number of rotatable bonds is 8. The maximum Gasteiger partial charge on any atom is 0.00728 e. The monoisotopic (exact) mass is 239 g/mol. The van der Waals surface area contributed by atoms with Gasteiger partial charge in [0.05, 0.1) is 0 Å². The average Bonchev–Trinajstić information content (AvgIpc) is 2.20. The Labute approximate surface area is 109 Å². The zero-order valence-corrected chi connectivity index (χ0v) is 12.9. The van der Waals surface area contributed by atoms with Gasteiger partial charge in [-0.2, -0.15) is 0 Å². The molecule has 0 aromatic heterocycles. The van der Waals surface area contributed by atoms with Crippen LogP contribution in [0, 0.1) is 11.3 Å². The van der Waals surface area contributed by atoms with Gasteiger partial charge in [0.2, 0.25) is 0 Å². The molecule has 1 heteroatoms. The smallest absolute Gasteiger partial charge is 0.00728 e. The molecule has 0 saturated carbocycles. The van der Waals surface area contributed by atoms with Crippen molar-refractivity contribution in [2.45, 2.75) is 73.3 Å². The molecule has 0 aliphatic carbocycles. The van der Waals surface area contributed by atoms with Gasteiger partial charge in [-0.3, -0.25) is 0 Å². The summed E-state index contributed by atoms with van der Waals surface area (Å²) < 4.78 is 0. The lowest BCUT2D eigenvalue weighted by Crippen LogP contribution is -2.34. The van der Waals surface area contributed by atoms with E-state index in [0.717, 1.165) is 18.9 Å². The highest BCUT2D eigenvalue weighted by molar-refractivity contribution is 4.90. The van der Waals surface area contributed by atoms with Crippen LogP contribution < -0.4 is 5.32 Å². The standard InChI is InChI=1S/C16H33N/c1-8-11-17-15(10-9-13(2)3)12-14(4)16(5,6)7/h14-15,17H,2,8-12H2,1,3-7H3. The molecule has 1 N–H and O–H groups in total. The van der Waals surface area contributed by atoms with Crippen LogP contribution in [0.15, 0.2) is 12.2 Å². The van der Waals surface area contributed by atoms with Crippen LogP contribution in [-0.4, -0.2) is 12.6 Å². The molecule has 2 unspecified atom stereocenters. The maximum atomic E-state index is 4.01. The van der Waals surface area contributed by atoms with E-state index in [4.69, 9.17) is 0 Å². The molecular formula is C16H33N. The summed E-state index contributed by atoms with van der Waals surface area (Å²) in [5.41, 5.74) is 1.71. The van der Waals surface area contributed by atoms with Gasteiger partial charge in [-0.15, -0.1) is 6.58 Å². The maximum absolute atomic E-state index is 4.01. The van der Waals surface area contributed by atoms with Gasteiger partial charge in [0.1, 0.15) is 0 Å². The molecule has 0 spiro atoms. The van der Waals surface area contributed by atoms with Gasteiger partial charge in [-0.25, -0.2) is 0 Å². The van der Waals surface area contributed by atoms with E-state index in [1.807, 2.05) is 0 Å². The van der Waals surface area contributed by atoms with Crippen molar-refractivity contribution < 1.29 is 0 Å². The summed E-state index contributed by atoms with van der Waals surface area (Å²) in [5.74, 6) is 0.752. The number of nitrogens with one attached hydrogen (secondary N) is 1. The van der Waals surface area contributed by atoms with Gasteiger partial charge in [0.15, 0.2) is 0 Å². The first-order valence-corrected chi connectivity index (χ1v) is 7.15. The van der Waals surface area contributed by atoms with Crippen molar-refractivity contribution in [2.24, 2.45) is 11.3 Å². The molecule has 0 amide bonds. The Morgan fingerprint density at radius 3 is 2.29 bits per heavy atom. The molecule has 1 nitrogen and oxygen atoms in total. The van der Waals surface area contributed by atoms with E-state index in [1.165, 1.54) is 24.8 Å². The van der Waals surface area contributed by atoms with Gasteiger partial charge in [0.25, 0.3) is 0 Å². The van der Waals surface area contributed by atoms with Crippen LogP contribution >= 0.6 is 0 Å². The third kappa shape index (κ3) is 8.43. The van der Waals surface area contributed by atoms with Gasteiger partial charge < -0.3 is 5.32 Å². The van der Waals surface area contributed by atoms with Gasteiger partial charge >= 0.3 is 0 Å². The lowest BCUT2D eigenvalue weighted by molar-refractivity contribution is 0.219. The third-order valence-electron chi connectivity index (χ3n) is 3.72. The summed E-state index contributed by atoms with van der Waals surface area (Å²) in [7, 11) is 0. The molecule has 0 heterocycles. The van der Waals surface area contributed by atoms with Crippen LogP contribution in [-0.2, 0) is 0 Å². The van der Waals surface area contributed by atoms with E-state index in [-0.39, 0.29) is 0 Å². The Hall–Kier alpha value is -0.300. The van der Waals surface area contributed by atoms with E-state index in [1.54, 1.807) is 0 Å². The SMILES string of the molecule is C=C(C)CCC(CC(C)C(C)(C)C)NCCC. The van der Waals surface area contributed by atoms with Crippen LogP contribution in [0.4, 0.5) is 0 Å². The van der Waals surface area contributed by atoms with E-state index in [2.05, 4.69) is 53.4 Å². The summed E-state index contributed by atoms with van der Waals surface area (Å²) in [6.45, 7) is 18.9.